The van der Waals surface area contributed by atoms with Crippen LogP contribution in [0, 0.1) is 10.1 Å². The molecule has 0 aliphatic heterocycles. The standard InChI is InChI=1S/C17H13F3N4O3/c18-17(19,20)12-5-6-15-22-13(10-23(15)9-12)8-21-16(25)7-11-3-1-2-4-14(11)24(26)27/h1-6,9-10H,7-8H2,(H,21,25). The summed E-state index contributed by atoms with van der Waals surface area (Å²) in [4.78, 5) is 26.6. The number of pyridine rings is 1. The molecular weight excluding hydrogens is 365 g/mol. The van der Waals surface area contributed by atoms with Crippen molar-refractivity contribution < 1.29 is 22.9 Å². The van der Waals surface area contributed by atoms with Crippen molar-refractivity contribution >= 4 is 17.2 Å². The normalized spacial score (nSPS) is 11.5. The van der Waals surface area contributed by atoms with Gasteiger partial charge in [0.25, 0.3) is 5.69 Å². The zero-order valence-electron chi connectivity index (χ0n) is 13.7. The Morgan fingerprint density at radius 2 is 1.93 bits per heavy atom. The third kappa shape index (κ3) is 4.22. The van der Waals surface area contributed by atoms with E-state index < -0.39 is 22.6 Å². The molecule has 1 amide bonds. The summed E-state index contributed by atoms with van der Waals surface area (Å²) in [6.45, 7) is -0.0114. The first kappa shape index (κ1) is 18.4. The lowest BCUT2D eigenvalue weighted by molar-refractivity contribution is -0.385. The van der Waals surface area contributed by atoms with Crippen LogP contribution in [0.25, 0.3) is 5.65 Å². The predicted molar refractivity (Wildman–Crippen MR) is 88.8 cm³/mol. The molecule has 1 N–H and O–H groups in total. The van der Waals surface area contributed by atoms with Crippen molar-refractivity contribution in [3.8, 4) is 0 Å². The van der Waals surface area contributed by atoms with Gasteiger partial charge in [-0.2, -0.15) is 13.2 Å². The maximum absolute atomic E-state index is 12.7. The summed E-state index contributed by atoms with van der Waals surface area (Å²) >= 11 is 0. The molecule has 2 aromatic heterocycles. The van der Waals surface area contributed by atoms with Gasteiger partial charge in [-0.3, -0.25) is 14.9 Å². The monoisotopic (exact) mass is 378 g/mol. The maximum Gasteiger partial charge on any atom is 0.417 e. The van der Waals surface area contributed by atoms with Crippen LogP contribution < -0.4 is 5.32 Å². The zero-order valence-corrected chi connectivity index (χ0v) is 13.7. The molecule has 0 bridgehead atoms. The van der Waals surface area contributed by atoms with Crippen molar-refractivity contribution in [2.45, 2.75) is 19.1 Å². The molecule has 0 saturated carbocycles. The number of halogens is 3. The van der Waals surface area contributed by atoms with E-state index in [1.807, 2.05) is 0 Å². The molecule has 1 aromatic carbocycles. The van der Waals surface area contributed by atoms with Crippen molar-refractivity contribution in [2.24, 2.45) is 0 Å². The van der Waals surface area contributed by atoms with E-state index in [0.717, 1.165) is 12.3 Å². The van der Waals surface area contributed by atoms with Gasteiger partial charge in [0.2, 0.25) is 5.91 Å². The molecule has 0 fully saturated rings. The molecule has 27 heavy (non-hydrogen) atoms. The topological polar surface area (TPSA) is 89.5 Å². The number of nitrogens with zero attached hydrogens (tertiary/aromatic N) is 3. The van der Waals surface area contributed by atoms with E-state index in [1.54, 1.807) is 6.07 Å². The van der Waals surface area contributed by atoms with Crippen LogP contribution in [0.1, 0.15) is 16.8 Å². The molecule has 0 unspecified atom stereocenters. The van der Waals surface area contributed by atoms with Gasteiger partial charge in [-0.05, 0) is 12.1 Å². The SMILES string of the molecule is O=C(Cc1ccccc1[N+](=O)[O-])NCc1cn2cc(C(F)(F)F)ccc2n1. The summed E-state index contributed by atoms with van der Waals surface area (Å²) in [5.74, 6) is -0.461. The highest BCUT2D eigenvalue weighted by atomic mass is 19.4. The van der Waals surface area contributed by atoms with Crippen LogP contribution >= 0.6 is 0 Å². The lowest BCUT2D eigenvalue weighted by atomic mass is 10.1. The number of imidazole rings is 1. The minimum atomic E-state index is -4.46. The quantitative estimate of drug-likeness (QED) is 0.546. The number of rotatable bonds is 5. The largest absolute Gasteiger partial charge is 0.417 e. The van der Waals surface area contributed by atoms with Crippen LogP contribution in [0.15, 0.2) is 48.8 Å². The molecule has 140 valence electrons. The van der Waals surface area contributed by atoms with E-state index in [4.69, 9.17) is 0 Å². The number of para-hydroxylation sites is 1. The van der Waals surface area contributed by atoms with Gasteiger partial charge in [0.1, 0.15) is 5.65 Å². The number of carbonyl (C=O) groups is 1. The molecule has 2 heterocycles. The molecule has 3 rings (SSSR count). The molecule has 0 aliphatic carbocycles. The number of benzene rings is 1. The van der Waals surface area contributed by atoms with Crippen molar-refractivity contribution in [1.29, 1.82) is 0 Å². The fourth-order valence-corrected chi connectivity index (χ4v) is 2.56. The van der Waals surface area contributed by atoms with Crippen molar-refractivity contribution in [1.82, 2.24) is 14.7 Å². The van der Waals surface area contributed by atoms with Gasteiger partial charge in [0, 0.05) is 24.0 Å². The summed E-state index contributed by atoms with van der Waals surface area (Å²) in [5.41, 5.74) is -0.0135. The minimum absolute atomic E-state index is 0.0114. The number of fused-ring (bicyclic) bond motifs is 1. The third-order valence-corrected chi connectivity index (χ3v) is 3.83. The summed E-state index contributed by atoms with van der Waals surface area (Å²) in [5, 5.41) is 13.5. The van der Waals surface area contributed by atoms with E-state index >= 15 is 0 Å². The van der Waals surface area contributed by atoms with Crippen LogP contribution in [-0.4, -0.2) is 20.2 Å². The van der Waals surface area contributed by atoms with Gasteiger partial charge in [0.15, 0.2) is 0 Å². The van der Waals surface area contributed by atoms with Gasteiger partial charge in [-0.1, -0.05) is 18.2 Å². The van der Waals surface area contributed by atoms with Gasteiger partial charge < -0.3 is 9.72 Å². The Morgan fingerprint density at radius 1 is 1.19 bits per heavy atom. The number of nitrogens with one attached hydrogen (secondary N) is 1. The van der Waals surface area contributed by atoms with Crippen LogP contribution in [0.5, 0.6) is 0 Å². The number of alkyl halides is 3. The first-order chi connectivity index (χ1) is 12.7. The van der Waals surface area contributed by atoms with E-state index in [0.29, 0.717) is 11.3 Å². The smallest absolute Gasteiger partial charge is 0.350 e. The Labute approximate surface area is 150 Å². The zero-order chi connectivity index (χ0) is 19.6. The molecule has 7 nitrogen and oxygen atoms in total. The summed E-state index contributed by atoms with van der Waals surface area (Å²) in [6, 6.07) is 8.06. The summed E-state index contributed by atoms with van der Waals surface area (Å²) in [6.07, 6.45) is -2.35. The number of aromatic nitrogens is 2. The predicted octanol–water partition coefficient (Wildman–Crippen LogP) is 3.12. The number of hydrogen-bond acceptors (Lipinski definition) is 4. The Kier molecular flexibility index (Phi) is 4.80. The Hall–Kier alpha value is -3.43. The first-order valence-electron chi connectivity index (χ1n) is 7.78. The number of nitro benzene ring substituents is 1. The highest BCUT2D eigenvalue weighted by molar-refractivity contribution is 5.79. The molecule has 0 spiro atoms. The molecule has 3 aromatic rings. The van der Waals surface area contributed by atoms with Crippen LogP contribution in [-0.2, 0) is 23.9 Å². The molecule has 0 radical (unpaired) electrons. The highest BCUT2D eigenvalue weighted by Crippen LogP contribution is 2.29. The second-order valence-electron chi connectivity index (χ2n) is 5.75. The van der Waals surface area contributed by atoms with Gasteiger partial charge in [0.05, 0.1) is 29.1 Å². The fraction of sp³-hybridized carbons (Fsp3) is 0.176. The van der Waals surface area contributed by atoms with Crippen molar-refractivity contribution in [3.63, 3.8) is 0 Å². The average molecular weight is 378 g/mol. The number of amides is 1. The van der Waals surface area contributed by atoms with E-state index in [9.17, 15) is 28.1 Å². The lowest BCUT2D eigenvalue weighted by Gasteiger charge is -2.05. The fourth-order valence-electron chi connectivity index (χ4n) is 2.56. The Balaban J connectivity index is 1.68. The Bertz CT molecular complexity index is 1010. The van der Waals surface area contributed by atoms with Crippen molar-refractivity contribution in [3.05, 3.63) is 75.7 Å². The van der Waals surface area contributed by atoms with Crippen LogP contribution in [0.4, 0.5) is 18.9 Å². The highest BCUT2D eigenvalue weighted by Gasteiger charge is 2.30. The molecular formula is C17H13F3N4O3. The maximum atomic E-state index is 12.7. The minimum Gasteiger partial charge on any atom is -0.350 e. The van der Waals surface area contributed by atoms with E-state index in [-0.39, 0.29) is 24.2 Å². The van der Waals surface area contributed by atoms with Crippen molar-refractivity contribution in [2.75, 3.05) is 0 Å². The van der Waals surface area contributed by atoms with E-state index in [2.05, 4.69) is 10.3 Å². The average Bonchev–Trinajstić information content (AvgIpc) is 3.01. The van der Waals surface area contributed by atoms with Gasteiger partial charge >= 0.3 is 6.18 Å². The second kappa shape index (κ2) is 7.06. The summed E-state index contributed by atoms with van der Waals surface area (Å²) in [7, 11) is 0. The van der Waals surface area contributed by atoms with Gasteiger partial charge in [-0.15, -0.1) is 0 Å². The number of hydrogen-bond donors (Lipinski definition) is 1. The molecule has 0 aliphatic rings. The van der Waals surface area contributed by atoms with Crippen LogP contribution in [0.3, 0.4) is 0 Å². The lowest BCUT2D eigenvalue weighted by Crippen LogP contribution is -2.25. The molecule has 0 saturated heterocycles. The van der Waals surface area contributed by atoms with E-state index in [1.165, 1.54) is 34.9 Å². The Morgan fingerprint density at radius 3 is 2.63 bits per heavy atom. The third-order valence-electron chi connectivity index (χ3n) is 3.83. The molecule has 0 atom stereocenters. The van der Waals surface area contributed by atoms with Crippen LogP contribution in [0.2, 0.25) is 0 Å². The second-order valence-corrected chi connectivity index (χ2v) is 5.75. The number of carbonyl (C=O) groups excluding carboxylic acids is 1. The number of nitro groups is 1. The summed E-state index contributed by atoms with van der Waals surface area (Å²) < 4.78 is 39.4. The first-order valence-corrected chi connectivity index (χ1v) is 7.78. The molecule has 10 heteroatoms. The van der Waals surface area contributed by atoms with Gasteiger partial charge in [-0.25, -0.2) is 4.98 Å².